The van der Waals surface area contributed by atoms with Crippen molar-refractivity contribution in [2.45, 2.75) is 89.2 Å². The SMILES string of the molecule is CCSC1CCC(NC2CCCC2CNC(=O)OC(C)(C)C)C1. The lowest BCUT2D eigenvalue weighted by Crippen LogP contribution is -2.44. The van der Waals surface area contributed by atoms with Gasteiger partial charge < -0.3 is 15.4 Å². The van der Waals surface area contributed by atoms with Crippen molar-refractivity contribution in [3.63, 3.8) is 0 Å². The zero-order chi connectivity index (χ0) is 16.9. The lowest BCUT2D eigenvalue weighted by molar-refractivity contribution is 0.0517. The molecule has 134 valence electrons. The van der Waals surface area contributed by atoms with E-state index in [0.29, 0.717) is 18.0 Å². The van der Waals surface area contributed by atoms with E-state index in [-0.39, 0.29) is 6.09 Å². The molecule has 2 N–H and O–H groups in total. The van der Waals surface area contributed by atoms with E-state index in [1.165, 1.54) is 44.3 Å². The van der Waals surface area contributed by atoms with Gasteiger partial charge in [-0.2, -0.15) is 11.8 Å². The monoisotopic (exact) mass is 342 g/mol. The summed E-state index contributed by atoms with van der Waals surface area (Å²) >= 11 is 2.11. The Kier molecular flexibility index (Phi) is 7.08. The van der Waals surface area contributed by atoms with Crippen molar-refractivity contribution in [1.82, 2.24) is 10.6 Å². The van der Waals surface area contributed by atoms with Gasteiger partial charge in [-0.15, -0.1) is 0 Å². The molecule has 2 aliphatic carbocycles. The summed E-state index contributed by atoms with van der Waals surface area (Å²) in [5, 5.41) is 7.69. The van der Waals surface area contributed by atoms with Gasteiger partial charge in [-0.05, 0) is 64.5 Å². The van der Waals surface area contributed by atoms with Gasteiger partial charge in [0.05, 0.1) is 0 Å². The average Bonchev–Trinajstić information content (AvgIpc) is 3.05. The standard InChI is InChI=1S/C18H34N2O2S/c1-5-23-15-10-9-14(11-15)20-16-8-6-7-13(16)12-19-17(21)22-18(2,3)4/h13-16,20H,5-12H2,1-4H3,(H,19,21). The lowest BCUT2D eigenvalue weighted by Gasteiger charge is -2.26. The Bertz CT molecular complexity index is 384. The Labute approximate surface area is 145 Å². The summed E-state index contributed by atoms with van der Waals surface area (Å²) in [6.07, 6.45) is 7.38. The summed E-state index contributed by atoms with van der Waals surface area (Å²) < 4.78 is 5.33. The average molecular weight is 343 g/mol. The maximum atomic E-state index is 11.8. The molecule has 2 aliphatic rings. The van der Waals surface area contributed by atoms with Crippen LogP contribution in [0.1, 0.15) is 66.2 Å². The van der Waals surface area contributed by atoms with Crippen molar-refractivity contribution < 1.29 is 9.53 Å². The molecule has 2 saturated carbocycles. The second-order valence-corrected chi connectivity index (χ2v) is 9.51. The zero-order valence-electron chi connectivity index (χ0n) is 15.2. The highest BCUT2D eigenvalue weighted by molar-refractivity contribution is 7.99. The first-order valence-electron chi connectivity index (χ1n) is 9.22. The number of hydrogen-bond donors (Lipinski definition) is 2. The van der Waals surface area contributed by atoms with Crippen molar-refractivity contribution in [3.05, 3.63) is 0 Å². The molecule has 5 heteroatoms. The molecule has 0 aliphatic heterocycles. The fourth-order valence-corrected chi connectivity index (χ4v) is 4.95. The zero-order valence-corrected chi connectivity index (χ0v) is 16.0. The molecule has 0 bridgehead atoms. The second-order valence-electron chi connectivity index (χ2n) is 7.93. The Hall–Kier alpha value is -0.420. The molecule has 0 radical (unpaired) electrons. The van der Waals surface area contributed by atoms with Gasteiger partial charge in [0.15, 0.2) is 0 Å². The van der Waals surface area contributed by atoms with Crippen LogP contribution in [-0.4, -0.2) is 41.3 Å². The number of alkyl carbamates (subject to hydrolysis) is 1. The number of amides is 1. The van der Waals surface area contributed by atoms with E-state index in [4.69, 9.17) is 4.74 Å². The fraction of sp³-hybridized carbons (Fsp3) is 0.944. The Morgan fingerprint density at radius 1 is 1.22 bits per heavy atom. The van der Waals surface area contributed by atoms with Gasteiger partial charge in [0.2, 0.25) is 0 Å². The van der Waals surface area contributed by atoms with E-state index >= 15 is 0 Å². The Balaban J connectivity index is 1.72. The van der Waals surface area contributed by atoms with Crippen LogP contribution in [0.3, 0.4) is 0 Å². The Morgan fingerprint density at radius 3 is 2.70 bits per heavy atom. The van der Waals surface area contributed by atoms with Crippen LogP contribution >= 0.6 is 11.8 Å². The quantitative estimate of drug-likeness (QED) is 0.767. The number of hydrogen-bond acceptors (Lipinski definition) is 4. The fourth-order valence-electron chi connectivity index (χ4n) is 3.81. The molecule has 0 aromatic carbocycles. The highest BCUT2D eigenvalue weighted by Crippen LogP contribution is 2.32. The normalized spacial score (nSPS) is 31.3. The topological polar surface area (TPSA) is 50.4 Å². The van der Waals surface area contributed by atoms with Gasteiger partial charge in [0.1, 0.15) is 5.60 Å². The van der Waals surface area contributed by atoms with Gasteiger partial charge in [-0.25, -0.2) is 4.79 Å². The summed E-state index contributed by atoms with van der Waals surface area (Å²) in [6.45, 7) is 8.68. The van der Waals surface area contributed by atoms with Gasteiger partial charge in [0, 0.05) is 23.9 Å². The summed E-state index contributed by atoms with van der Waals surface area (Å²) in [7, 11) is 0. The van der Waals surface area contributed by atoms with Crippen LogP contribution in [0.25, 0.3) is 0 Å². The van der Waals surface area contributed by atoms with Gasteiger partial charge in [-0.3, -0.25) is 0 Å². The first-order valence-corrected chi connectivity index (χ1v) is 10.3. The first-order chi connectivity index (χ1) is 10.9. The number of carbonyl (C=O) groups excluding carboxylic acids is 1. The smallest absolute Gasteiger partial charge is 0.407 e. The van der Waals surface area contributed by atoms with E-state index in [9.17, 15) is 4.79 Å². The van der Waals surface area contributed by atoms with Crippen molar-refractivity contribution >= 4 is 17.9 Å². The van der Waals surface area contributed by atoms with Crippen LogP contribution in [-0.2, 0) is 4.74 Å². The van der Waals surface area contributed by atoms with Crippen molar-refractivity contribution in [3.8, 4) is 0 Å². The highest BCUT2D eigenvalue weighted by Gasteiger charge is 2.32. The van der Waals surface area contributed by atoms with Crippen LogP contribution < -0.4 is 10.6 Å². The Morgan fingerprint density at radius 2 is 2.00 bits per heavy atom. The van der Waals surface area contributed by atoms with Crippen molar-refractivity contribution in [1.29, 1.82) is 0 Å². The number of nitrogens with one attached hydrogen (secondary N) is 2. The minimum atomic E-state index is -0.423. The van der Waals surface area contributed by atoms with Crippen LogP contribution in [0.2, 0.25) is 0 Å². The molecule has 4 atom stereocenters. The highest BCUT2D eigenvalue weighted by atomic mass is 32.2. The molecule has 4 unspecified atom stereocenters. The van der Waals surface area contributed by atoms with E-state index in [0.717, 1.165) is 11.8 Å². The van der Waals surface area contributed by atoms with Gasteiger partial charge >= 0.3 is 6.09 Å². The predicted octanol–water partition coefficient (Wildman–Crippen LogP) is 3.94. The predicted molar refractivity (Wildman–Crippen MR) is 98.1 cm³/mol. The molecule has 0 aromatic rings. The second kappa shape index (κ2) is 8.61. The molecule has 2 fully saturated rings. The van der Waals surface area contributed by atoms with Crippen LogP contribution in [0.4, 0.5) is 4.79 Å². The molecule has 0 spiro atoms. The van der Waals surface area contributed by atoms with Crippen LogP contribution in [0, 0.1) is 5.92 Å². The molecule has 4 nitrogen and oxygen atoms in total. The molecule has 0 aromatic heterocycles. The van der Waals surface area contributed by atoms with Gasteiger partial charge in [0.25, 0.3) is 0 Å². The van der Waals surface area contributed by atoms with E-state index in [2.05, 4.69) is 29.3 Å². The minimum Gasteiger partial charge on any atom is -0.444 e. The summed E-state index contributed by atoms with van der Waals surface area (Å²) in [6, 6.07) is 1.23. The van der Waals surface area contributed by atoms with E-state index in [1.54, 1.807) is 0 Å². The maximum Gasteiger partial charge on any atom is 0.407 e. The van der Waals surface area contributed by atoms with Crippen molar-refractivity contribution in [2.75, 3.05) is 12.3 Å². The summed E-state index contributed by atoms with van der Waals surface area (Å²) in [4.78, 5) is 11.8. The number of carbonyl (C=O) groups is 1. The lowest BCUT2D eigenvalue weighted by atomic mass is 10.0. The third-order valence-electron chi connectivity index (χ3n) is 4.80. The molecular weight excluding hydrogens is 308 g/mol. The van der Waals surface area contributed by atoms with Gasteiger partial charge in [-0.1, -0.05) is 13.3 Å². The summed E-state index contributed by atoms with van der Waals surface area (Å²) in [5.41, 5.74) is -0.423. The van der Waals surface area contributed by atoms with Crippen LogP contribution in [0.15, 0.2) is 0 Å². The molecule has 0 heterocycles. The molecule has 0 saturated heterocycles. The van der Waals surface area contributed by atoms with E-state index in [1.807, 2.05) is 20.8 Å². The van der Waals surface area contributed by atoms with Crippen LogP contribution in [0.5, 0.6) is 0 Å². The molecular formula is C18H34N2O2S. The third kappa shape index (κ3) is 6.54. The number of thioether (sulfide) groups is 1. The largest absolute Gasteiger partial charge is 0.444 e. The van der Waals surface area contributed by atoms with Crippen molar-refractivity contribution in [2.24, 2.45) is 5.92 Å². The van der Waals surface area contributed by atoms with E-state index < -0.39 is 5.60 Å². The molecule has 2 rings (SSSR count). The molecule has 1 amide bonds. The number of rotatable bonds is 6. The maximum absolute atomic E-state index is 11.8. The molecule has 23 heavy (non-hydrogen) atoms. The first kappa shape index (κ1) is 18.9. The number of ether oxygens (including phenoxy) is 1. The third-order valence-corrected chi connectivity index (χ3v) is 6.04. The summed E-state index contributed by atoms with van der Waals surface area (Å²) in [5.74, 6) is 1.77. The minimum absolute atomic E-state index is 0.288.